The number of hydrogen-bond donors (Lipinski definition) is 1. The number of methoxy groups -OCH3 is 2. The highest BCUT2D eigenvalue weighted by Crippen LogP contribution is 2.29. The van der Waals surface area contributed by atoms with Crippen LogP contribution in [0.5, 0.6) is 11.5 Å². The predicted molar refractivity (Wildman–Crippen MR) is 84.1 cm³/mol. The first-order valence-corrected chi connectivity index (χ1v) is 7.55. The average Bonchev–Trinajstić information content (AvgIpc) is 2.99. The second kappa shape index (κ2) is 7.13. The molecule has 0 aliphatic heterocycles. The normalized spacial score (nSPS) is 11.8. The van der Waals surface area contributed by atoms with E-state index >= 15 is 0 Å². The van der Waals surface area contributed by atoms with Crippen molar-refractivity contribution in [3.05, 3.63) is 46.2 Å². The smallest absolute Gasteiger partial charge is 0.225 e. The van der Waals surface area contributed by atoms with E-state index in [1.807, 2.05) is 42.6 Å². The van der Waals surface area contributed by atoms with Crippen molar-refractivity contribution in [2.24, 2.45) is 0 Å². The average molecular weight is 305 g/mol. The van der Waals surface area contributed by atoms with Crippen molar-refractivity contribution in [2.45, 2.75) is 19.4 Å². The Morgan fingerprint density at radius 2 is 2.00 bits per heavy atom. The minimum absolute atomic E-state index is 0.0136. The number of benzene rings is 1. The Kier molecular flexibility index (Phi) is 5.22. The molecule has 2 aromatic rings. The Labute approximate surface area is 128 Å². The van der Waals surface area contributed by atoms with E-state index in [1.54, 1.807) is 25.6 Å². The third-order valence-electron chi connectivity index (χ3n) is 3.20. The molecular weight excluding hydrogens is 286 g/mol. The number of ether oxygens (including phenoxy) is 2. The minimum atomic E-state index is -0.0859. The first-order valence-electron chi connectivity index (χ1n) is 6.67. The molecule has 5 heteroatoms. The van der Waals surface area contributed by atoms with Crippen molar-refractivity contribution >= 4 is 17.2 Å². The fourth-order valence-corrected chi connectivity index (χ4v) is 2.77. The maximum absolute atomic E-state index is 12.0. The van der Waals surface area contributed by atoms with Gasteiger partial charge in [0.2, 0.25) is 5.91 Å². The van der Waals surface area contributed by atoms with Gasteiger partial charge in [-0.05, 0) is 36.1 Å². The molecule has 1 heterocycles. The van der Waals surface area contributed by atoms with Gasteiger partial charge in [0.1, 0.15) is 0 Å². The molecular formula is C16H19NO3S. The summed E-state index contributed by atoms with van der Waals surface area (Å²) in [5, 5.41) is 4.97. The summed E-state index contributed by atoms with van der Waals surface area (Å²) in [5.74, 6) is 1.35. The Hall–Kier alpha value is -2.01. The zero-order valence-electron chi connectivity index (χ0n) is 12.4. The fourth-order valence-electron chi connectivity index (χ4n) is 2.07. The third-order valence-corrected chi connectivity index (χ3v) is 4.08. The molecule has 0 saturated heterocycles. The number of hydrogen-bond acceptors (Lipinski definition) is 4. The van der Waals surface area contributed by atoms with E-state index in [9.17, 15) is 4.79 Å². The van der Waals surface area contributed by atoms with Gasteiger partial charge in [-0.3, -0.25) is 4.79 Å². The lowest BCUT2D eigenvalue weighted by Crippen LogP contribution is -2.27. The predicted octanol–water partition coefficient (Wildman–Crippen LogP) is 3.19. The molecule has 1 amide bonds. The van der Waals surface area contributed by atoms with Crippen molar-refractivity contribution in [3.8, 4) is 11.5 Å². The van der Waals surface area contributed by atoms with E-state index in [-0.39, 0.29) is 11.9 Å². The van der Waals surface area contributed by atoms with Crippen LogP contribution in [-0.2, 0) is 11.2 Å². The SMILES string of the molecule is COc1ccc([C@H](C)NC(=O)Cc2cccs2)cc1OC. The van der Waals surface area contributed by atoms with E-state index in [1.165, 1.54) is 0 Å². The lowest BCUT2D eigenvalue weighted by molar-refractivity contribution is -0.121. The topological polar surface area (TPSA) is 47.6 Å². The first kappa shape index (κ1) is 15.4. The molecule has 1 aromatic heterocycles. The van der Waals surface area contributed by atoms with Gasteiger partial charge in [0.05, 0.1) is 26.7 Å². The highest BCUT2D eigenvalue weighted by atomic mass is 32.1. The maximum Gasteiger partial charge on any atom is 0.225 e. The summed E-state index contributed by atoms with van der Waals surface area (Å²) in [4.78, 5) is 13.1. The zero-order chi connectivity index (χ0) is 15.2. The van der Waals surface area contributed by atoms with Gasteiger partial charge in [0.25, 0.3) is 0 Å². The van der Waals surface area contributed by atoms with E-state index in [0.717, 1.165) is 10.4 Å². The van der Waals surface area contributed by atoms with E-state index in [0.29, 0.717) is 17.9 Å². The molecule has 21 heavy (non-hydrogen) atoms. The summed E-state index contributed by atoms with van der Waals surface area (Å²) in [7, 11) is 3.20. The highest BCUT2D eigenvalue weighted by molar-refractivity contribution is 7.10. The summed E-state index contributed by atoms with van der Waals surface area (Å²) in [6.07, 6.45) is 0.412. The van der Waals surface area contributed by atoms with Crippen LogP contribution in [0.1, 0.15) is 23.4 Å². The van der Waals surface area contributed by atoms with Crippen LogP contribution in [0.2, 0.25) is 0 Å². The summed E-state index contributed by atoms with van der Waals surface area (Å²) in [6.45, 7) is 1.95. The van der Waals surface area contributed by atoms with E-state index < -0.39 is 0 Å². The largest absolute Gasteiger partial charge is 0.493 e. The van der Waals surface area contributed by atoms with Gasteiger partial charge < -0.3 is 14.8 Å². The summed E-state index contributed by atoms with van der Waals surface area (Å²) in [6, 6.07) is 9.48. The molecule has 0 fully saturated rings. The number of thiophene rings is 1. The zero-order valence-corrected chi connectivity index (χ0v) is 13.2. The number of amides is 1. The Balaban J connectivity index is 2.02. The lowest BCUT2D eigenvalue weighted by atomic mass is 10.1. The van der Waals surface area contributed by atoms with Crippen LogP contribution in [0, 0.1) is 0 Å². The van der Waals surface area contributed by atoms with Crippen molar-refractivity contribution in [2.75, 3.05) is 14.2 Å². The molecule has 0 bridgehead atoms. The van der Waals surface area contributed by atoms with Crippen LogP contribution in [0.15, 0.2) is 35.7 Å². The van der Waals surface area contributed by atoms with Crippen molar-refractivity contribution < 1.29 is 14.3 Å². The summed E-state index contributed by atoms with van der Waals surface area (Å²) < 4.78 is 10.5. The standard InChI is InChI=1S/C16H19NO3S/c1-11(17-16(18)10-13-5-4-8-21-13)12-6-7-14(19-2)15(9-12)20-3/h4-9,11H,10H2,1-3H3,(H,17,18)/t11-/m0/s1. The van der Waals surface area contributed by atoms with Crippen LogP contribution in [-0.4, -0.2) is 20.1 Å². The van der Waals surface area contributed by atoms with Gasteiger partial charge in [-0.2, -0.15) is 0 Å². The van der Waals surface area contributed by atoms with Gasteiger partial charge in [-0.15, -0.1) is 11.3 Å². The molecule has 2 rings (SSSR count). The van der Waals surface area contributed by atoms with Gasteiger partial charge in [-0.25, -0.2) is 0 Å². The first-order chi connectivity index (χ1) is 10.1. The number of carbonyl (C=O) groups excluding carboxylic acids is 1. The Bertz CT molecular complexity index is 596. The third kappa shape index (κ3) is 3.98. The van der Waals surface area contributed by atoms with E-state index in [4.69, 9.17) is 9.47 Å². The lowest BCUT2D eigenvalue weighted by Gasteiger charge is -2.16. The van der Waals surface area contributed by atoms with Gasteiger partial charge in [0, 0.05) is 4.88 Å². The van der Waals surface area contributed by atoms with Crippen molar-refractivity contribution in [3.63, 3.8) is 0 Å². The molecule has 0 aliphatic carbocycles. The molecule has 0 unspecified atom stereocenters. The van der Waals surface area contributed by atoms with Gasteiger partial charge >= 0.3 is 0 Å². The summed E-state index contributed by atoms with van der Waals surface area (Å²) >= 11 is 1.59. The van der Waals surface area contributed by atoms with E-state index in [2.05, 4.69) is 5.32 Å². The van der Waals surface area contributed by atoms with Crippen LogP contribution >= 0.6 is 11.3 Å². The molecule has 4 nitrogen and oxygen atoms in total. The second-order valence-corrected chi connectivity index (χ2v) is 5.69. The number of carbonyl (C=O) groups is 1. The fraction of sp³-hybridized carbons (Fsp3) is 0.312. The Morgan fingerprint density at radius 1 is 1.24 bits per heavy atom. The molecule has 0 spiro atoms. The number of rotatable bonds is 6. The van der Waals surface area contributed by atoms with Crippen LogP contribution in [0.4, 0.5) is 0 Å². The van der Waals surface area contributed by atoms with Crippen LogP contribution in [0.3, 0.4) is 0 Å². The molecule has 112 valence electrons. The number of nitrogens with one attached hydrogen (secondary N) is 1. The molecule has 0 aliphatic rings. The monoisotopic (exact) mass is 305 g/mol. The van der Waals surface area contributed by atoms with Gasteiger partial charge in [0.15, 0.2) is 11.5 Å². The molecule has 1 aromatic carbocycles. The highest BCUT2D eigenvalue weighted by Gasteiger charge is 2.13. The molecule has 1 atom stereocenters. The summed E-state index contributed by atoms with van der Waals surface area (Å²) in [5.41, 5.74) is 0.979. The van der Waals surface area contributed by atoms with Crippen molar-refractivity contribution in [1.82, 2.24) is 5.32 Å². The molecule has 0 radical (unpaired) electrons. The molecule has 0 saturated carbocycles. The second-order valence-electron chi connectivity index (χ2n) is 4.66. The Morgan fingerprint density at radius 3 is 2.62 bits per heavy atom. The quantitative estimate of drug-likeness (QED) is 0.891. The van der Waals surface area contributed by atoms with Crippen LogP contribution < -0.4 is 14.8 Å². The molecule has 1 N–H and O–H groups in total. The minimum Gasteiger partial charge on any atom is -0.493 e. The van der Waals surface area contributed by atoms with Crippen molar-refractivity contribution in [1.29, 1.82) is 0 Å². The maximum atomic E-state index is 12.0. The van der Waals surface area contributed by atoms with Gasteiger partial charge in [-0.1, -0.05) is 12.1 Å². The van der Waals surface area contributed by atoms with Crippen LogP contribution in [0.25, 0.3) is 0 Å².